The maximum Gasteiger partial charge on any atom is 0.0696 e. The summed E-state index contributed by atoms with van der Waals surface area (Å²) >= 11 is 0. The third-order valence-corrected chi connectivity index (χ3v) is 2.32. The van der Waals surface area contributed by atoms with Crippen LogP contribution in [0.2, 0.25) is 0 Å². The van der Waals surface area contributed by atoms with Gasteiger partial charge in [-0.25, -0.2) is 0 Å². The predicted octanol–water partition coefficient (Wildman–Crippen LogP) is 4.60. The summed E-state index contributed by atoms with van der Waals surface area (Å²) in [5.74, 6) is 0. The minimum Gasteiger partial charge on any atom is -0.253 e. The van der Waals surface area contributed by atoms with Crippen LogP contribution >= 0.6 is 0 Å². The van der Waals surface area contributed by atoms with Gasteiger partial charge in [0.2, 0.25) is 0 Å². The van der Waals surface area contributed by atoms with Crippen LogP contribution in [0.3, 0.4) is 0 Å². The zero-order valence-electron chi connectivity index (χ0n) is 11.0. The quantitative estimate of drug-likeness (QED) is 0.369. The average molecular weight is 215 g/mol. The third kappa shape index (κ3) is 4.77. The molecule has 0 fully saturated rings. The number of hydrogen-bond donors (Lipinski definition) is 0. The van der Waals surface area contributed by atoms with E-state index in [4.69, 9.17) is 0 Å². The fourth-order valence-electron chi connectivity index (χ4n) is 1.09. The van der Waals surface area contributed by atoms with Crippen LogP contribution in [0, 0.1) is 0 Å². The SMILES string of the molecule is C=C=C(C)C(=C/C)/N=C(C)\C(C)=C\C=C/C. The molecule has 1 heteroatoms. The van der Waals surface area contributed by atoms with Gasteiger partial charge in [0, 0.05) is 11.3 Å². The van der Waals surface area contributed by atoms with Crippen molar-refractivity contribution in [2.24, 2.45) is 4.99 Å². The summed E-state index contributed by atoms with van der Waals surface area (Å²) in [5.41, 5.74) is 6.94. The molecule has 0 spiro atoms. The van der Waals surface area contributed by atoms with Gasteiger partial charge in [-0.2, -0.15) is 0 Å². The van der Waals surface area contributed by atoms with Crippen molar-refractivity contribution in [3.05, 3.63) is 53.5 Å². The summed E-state index contributed by atoms with van der Waals surface area (Å²) in [5, 5.41) is 0. The molecule has 0 rings (SSSR count). The van der Waals surface area contributed by atoms with E-state index in [-0.39, 0.29) is 0 Å². The molecule has 0 bridgehead atoms. The molecular weight excluding hydrogens is 194 g/mol. The van der Waals surface area contributed by atoms with Gasteiger partial charge in [0.05, 0.1) is 5.70 Å². The lowest BCUT2D eigenvalue weighted by Gasteiger charge is -2.03. The molecule has 0 aromatic heterocycles. The van der Waals surface area contributed by atoms with Crippen molar-refractivity contribution >= 4 is 5.71 Å². The third-order valence-electron chi connectivity index (χ3n) is 2.32. The molecule has 0 saturated heterocycles. The highest BCUT2D eigenvalue weighted by molar-refractivity contribution is 5.98. The first-order valence-corrected chi connectivity index (χ1v) is 5.45. The number of hydrogen-bond acceptors (Lipinski definition) is 1. The van der Waals surface area contributed by atoms with Crippen LogP contribution in [0.25, 0.3) is 0 Å². The molecule has 0 heterocycles. The van der Waals surface area contributed by atoms with E-state index in [9.17, 15) is 0 Å². The lowest BCUT2D eigenvalue weighted by Crippen LogP contribution is -1.95. The second-order valence-corrected chi connectivity index (χ2v) is 3.55. The van der Waals surface area contributed by atoms with Gasteiger partial charge in [-0.15, -0.1) is 5.73 Å². The standard InChI is InChI=1S/C15H21N/c1-7-10-11-13(5)14(6)16-15(9-3)12(4)8-2/h7,9-11H,2H2,1,3-6H3/b10-7-,13-11+,15-9-,16-14-. The van der Waals surface area contributed by atoms with Crippen molar-refractivity contribution in [3.8, 4) is 0 Å². The second-order valence-electron chi connectivity index (χ2n) is 3.55. The van der Waals surface area contributed by atoms with Crippen LogP contribution < -0.4 is 0 Å². The van der Waals surface area contributed by atoms with E-state index in [2.05, 4.69) is 30.3 Å². The van der Waals surface area contributed by atoms with Crippen LogP contribution in [-0.4, -0.2) is 5.71 Å². The van der Waals surface area contributed by atoms with Gasteiger partial charge in [-0.05, 0) is 40.2 Å². The summed E-state index contributed by atoms with van der Waals surface area (Å²) in [7, 11) is 0. The minimum absolute atomic E-state index is 0.931. The fourth-order valence-corrected chi connectivity index (χ4v) is 1.09. The van der Waals surface area contributed by atoms with Crippen molar-refractivity contribution in [1.29, 1.82) is 0 Å². The summed E-state index contributed by atoms with van der Waals surface area (Å²) in [4.78, 5) is 4.55. The van der Waals surface area contributed by atoms with E-state index in [1.54, 1.807) is 0 Å². The Labute approximate surface area is 99.3 Å². The highest BCUT2D eigenvalue weighted by atomic mass is 14.8. The molecule has 86 valence electrons. The highest BCUT2D eigenvalue weighted by Gasteiger charge is 1.98. The second kappa shape index (κ2) is 7.67. The molecule has 0 amide bonds. The normalized spacial score (nSPS) is 14.2. The molecule has 16 heavy (non-hydrogen) atoms. The Kier molecular flexibility index (Phi) is 6.91. The zero-order valence-corrected chi connectivity index (χ0v) is 11.0. The summed E-state index contributed by atoms with van der Waals surface area (Å²) in [6.45, 7) is 13.6. The Morgan fingerprint density at radius 3 is 2.25 bits per heavy atom. The van der Waals surface area contributed by atoms with Crippen LogP contribution in [0.15, 0.2) is 58.4 Å². The lowest BCUT2D eigenvalue weighted by molar-refractivity contribution is 1.26. The number of rotatable bonds is 4. The van der Waals surface area contributed by atoms with Crippen molar-refractivity contribution in [1.82, 2.24) is 0 Å². The smallest absolute Gasteiger partial charge is 0.0696 e. The van der Waals surface area contributed by atoms with E-state index in [1.165, 1.54) is 0 Å². The van der Waals surface area contributed by atoms with E-state index >= 15 is 0 Å². The molecule has 0 radical (unpaired) electrons. The highest BCUT2D eigenvalue weighted by Crippen LogP contribution is 2.11. The first kappa shape index (κ1) is 14.4. The fraction of sp³-hybridized carbons (Fsp3) is 0.333. The van der Waals surface area contributed by atoms with E-state index in [1.807, 2.05) is 45.9 Å². The molecule has 0 aromatic rings. The van der Waals surface area contributed by atoms with Gasteiger partial charge in [0.1, 0.15) is 0 Å². The first-order chi connectivity index (χ1) is 7.56. The molecule has 0 N–H and O–H groups in total. The largest absolute Gasteiger partial charge is 0.253 e. The Hall–Kier alpha value is -1.59. The molecule has 0 unspecified atom stereocenters. The molecular formula is C15H21N. The van der Waals surface area contributed by atoms with Gasteiger partial charge in [0.15, 0.2) is 0 Å². The molecule has 0 aliphatic rings. The maximum atomic E-state index is 4.55. The van der Waals surface area contributed by atoms with Crippen molar-refractivity contribution in [3.63, 3.8) is 0 Å². The topological polar surface area (TPSA) is 12.4 Å². The van der Waals surface area contributed by atoms with E-state index < -0.39 is 0 Å². The minimum atomic E-state index is 0.931. The van der Waals surface area contributed by atoms with E-state index in [0.29, 0.717) is 0 Å². The molecule has 0 aliphatic heterocycles. The number of nitrogens with zero attached hydrogens (tertiary/aromatic N) is 1. The predicted molar refractivity (Wildman–Crippen MR) is 73.8 cm³/mol. The van der Waals surface area contributed by atoms with Gasteiger partial charge in [-0.3, -0.25) is 4.99 Å². The summed E-state index contributed by atoms with van der Waals surface area (Å²) in [6, 6.07) is 0. The number of allylic oxidation sites excluding steroid dienone is 6. The van der Waals surface area contributed by atoms with Crippen molar-refractivity contribution < 1.29 is 0 Å². The number of aliphatic imine (C=N–C) groups is 1. The van der Waals surface area contributed by atoms with Gasteiger partial charge in [0.25, 0.3) is 0 Å². The van der Waals surface area contributed by atoms with Crippen molar-refractivity contribution in [2.45, 2.75) is 34.6 Å². The molecule has 0 aliphatic carbocycles. The van der Waals surface area contributed by atoms with E-state index in [0.717, 1.165) is 22.6 Å². The van der Waals surface area contributed by atoms with Gasteiger partial charge in [-0.1, -0.05) is 30.9 Å². The summed E-state index contributed by atoms with van der Waals surface area (Å²) < 4.78 is 0. The Bertz CT molecular complexity index is 397. The monoisotopic (exact) mass is 215 g/mol. The maximum absolute atomic E-state index is 4.55. The summed E-state index contributed by atoms with van der Waals surface area (Å²) in [6.07, 6.45) is 8.04. The van der Waals surface area contributed by atoms with Crippen molar-refractivity contribution in [2.75, 3.05) is 0 Å². The van der Waals surface area contributed by atoms with Gasteiger partial charge < -0.3 is 0 Å². The molecule has 1 nitrogen and oxygen atoms in total. The molecule has 0 saturated carbocycles. The Morgan fingerprint density at radius 2 is 1.81 bits per heavy atom. The van der Waals surface area contributed by atoms with Crippen LogP contribution in [0.4, 0.5) is 0 Å². The van der Waals surface area contributed by atoms with Crippen LogP contribution in [0.1, 0.15) is 34.6 Å². The average Bonchev–Trinajstić information content (AvgIpc) is 2.31. The Balaban J connectivity index is 5.11. The first-order valence-electron chi connectivity index (χ1n) is 5.45. The lowest BCUT2D eigenvalue weighted by atomic mass is 10.1. The molecule has 0 atom stereocenters. The Morgan fingerprint density at radius 1 is 1.19 bits per heavy atom. The van der Waals surface area contributed by atoms with Crippen LogP contribution in [-0.2, 0) is 0 Å². The zero-order chi connectivity index (χ0) is 12.6. The molecule has 0 aromatic carbocycles. The van der Waals surface area contributed by atoms with Gasteiger partial charge >= 0.3 is 0 Å². The van der Waals surface area contributed by atoms with Crippen LogP contribution in [0.5, 0.6) is 0 Å².